The Bertz CT molecular complexity index is 625. The van der Waals surface area contributed by atoms with Gasteiger partial charge in [0.05, 0.1) is 10.0 Å². The van der Waals surface area contributed by atoms with Crippen LogP contribution in [0.25, 0.3) is 21.5 Å². The maximum absolute atomic E-state index is 6.10. The lowest BCUT2D eigenvalue weighted by atomic mass is 10.0. The van der Waals surface area contributed by atoms with Crippen molar-refractivity contribution in [2.75, 3.05) is 0 Å². The maximum atomic E-state index is 6.10. The fourth-order valence-corrected chi connectivity index (χ4v) is 2.31. The van der Waals surface area contributed by atoms with Gasteiger partial charge in [-0.1, -0.05) is 47.5 Å². The van der Waals surface area contributed by atoms with E-state index in [2.05, 4.69) is 12.1 Å². The summed E-state index contributed by atoms with van der Waals surface area (Å²) in [5, 5.41) is 5.42. The second-order valence-electron chi connectivity index (χ2n) is 3.61. The van der Waals surface area contributed by atoms with Crippen LogP contribution in [0.5, 0.6) is 0 Å². The number of halogens is 2. The van der Waals surface area contributed by atoms with Gasteiger partial charge in [-0.25, -0.2) is 0 Å². The molecular formula is C14H6Cl2. The van der Waals surface area contributed by atoms with Crippen LogP contribution in [-0.2, 0) is 0 Å². The van der Waals surface area contributed by atoms with Crippen molar-refractivity contribution < 1.29 is 0 Å². The monoisotopic (exact) mass is 244 g/mol. The van der Waals surface area contributed by atoms with Crippen LogP contribution in [0.1, 0.15) is 0 Å². The Morgan fingerprint density at radius 3 is 1.62 bits per heavy atom. The first-order valence-electron chi connectivity index (χ1n) is 4.85. The molecule has 0 unspecified atom stereocenters. The van der Waals surface area contributed by atoms with Crippen molar-refractivity contribution in [3.8, 4) is 0 Å². The van der Waals surface area contributed by atoms with Gasteiger partial charge in [0, 0.05) is 22.9 Å². The number of fused-ring (bicyclic) bond motifs is 2. The van der Waals surface area contributed by atoms with Crippen LogP contribution in [-0.4, -0.2) is 0 Å². The van der Waals surface area contributed by atoms with E-state index in [0.29, 0.717) is 10.0 Å². The highest BCUT2D eigenvalue weighted by Crippen LogP contribution is 2.30. The van der Waals surface area contributed by atoms with Crippen molar-refractivity contribution in [3.05, 3.63) is 58.6 Å². The van der Waals surface area contributed by atoms with Gasteiger partial charge in [-0.3, -0.25) is 0 Å². The van der Waals surface area contributed by atoms with Gasteiger partial charge in [-0.15, -0.1) is 0 Å². The van der Waals surface area contributed by atoms with Crippen LogP contribution in [0.4, 0.5) is 0 Å². The Hall–Kier alpha value is -1.24. The molecule has 16 heavy (non-hydrogen) atoms. The molecule has 0 fully saturated rings. The van der Waals surface area contributed by atoms with Crippen LogP contribution < -0.4 is 0 Å². The smallest absolute Gasteiger partial charge is 0.0563 e. The van der Waals surface area contributed by atoms with Gasteiger partial charge in [-0.2, -0.15) is 0 Å². The summed E-state index contributed by atoms with van der Waals surface area (Å²) in [5.41, 5.74) is 0. The second-order valence-corrected chi connectivity index (χ2v) is 4.37. The van der Waals surface area contributed by atoms with E-state index in [0.717, 1.165) is 21.5 Å². The fourth-order valence-electron chi connectivity index (χ4n) is 1.85. The third kappa shape index (κ3) is 1.46. The zero-order valence-electron chi connectivity index (χ0n) is 8.22. The van der Waals surface area contributed by atoms with Gasteiger partial charge in [0.2, 0.25) is 0 Å². The standard InChI is InChI=1S/C14H6Cl2/c15-13-5-1-3-9-7-12-10(8-11(9)13)4-2-6-14(12)16/h1-4,7-8H. The van der Waals surface area contributed by atoms with Gasteiger partial charge in [0.25, 0.3) is 0 Å². The summed E-state index contributed by atoms with van der Waals surface area (Å²) in [7, 11) is 0. The molecule has 0 saturated carbocycles. The Morgan fingerprint density at radius 1 is 0.750 bits per heavy atom. The molecule has 0 amide bonds. The summed E-state index contributed by atoms with van der Waals surface area (Å²) in [6.45, 7) is 0. The number of hydrogen-bond donors (Lipinski definition) is 0. The molecular weight excluding hydrogens is 239 g/mol. The molecule has 0 aliphatic carbocycles. The lowest BCUT2D eigenvalue weighted by molar-refractivity contribution is 1.74. The van der Waals surface area contributed by atoms with E-state index >= 15 is 0 Å². The van der Waals surface area contributed by atoms with E-state index in [-0.39, 0.29) is 0 Å². The lowest BCUT2D eigenvalue weighted by Crippen LogP contribution is -1.78. The first-order valence-corrected chi connectivity index (χ1v) is 5.61. The van der Waals surface area contributed by atoms with E-state index in [1.165, 1.54) is 0 Å². The van der Waals surface area contributed by atoms with Crippen LogP contribution >= 0.6 is 23.2 Å². The van der Waals surface area contributed by atoms with E-state index in [1.807, 2.05) is 36.4 Å². The van der Waals surface area contributed by atoms with Gasteiger partial charge in [0.15, 0.2) is 0 Å². The Morgan fingerprint density at radius 2 is 1.19 bits per heavy atom. The quantitative estimate of drug-likeness (QED) is 0.494. The third-order valence-corrected chi connectivity index (χ3v) is 3.27. The Labute approximate surface area is 103 Å². The number of rotatable bonds is 0. The predicted octanol–water partition coefficient (Wildman–Crippen LogP) is 4.90. The van der Waals surface area contributed by atoms with Crippen LogP contribution in [0.2, 0.25) is 10.0 Å². The van der Waals surface area contributed by atoms with Crippen LogP contribution in [0, 0.1) is 12.1 Å². The summed E-state index contributed by atoms with van der Waals surface area (Å²) in [6, 6.07) is 17.6. The number of benzene rings is 3. The Balaban J connectivity index is 2.54. The van der Waals surface area contributed by atoms with Crippen molar-refractivity contribution >= 4 is 44.7 Å². The molecule has 0 saturated heterocycles. The van der Waals surface area contributed by atoms with Gasteiger partial charge in [-0.05, 0) is 22.9 Å². The second kappa shape index (κ2) is 3.65. The van der Waals surface area contributed by atoms with Crippen molar-refractivity contribution in [2.45, 2.75) is 0 Å². The first-order chi connectivity index (χ1) is 7.75. The average Bonchev–Trinajstić information content (AvgIpc) is 2.29. The summed E-state index contributed by atoms with van der Waals surface area (Å²) < 4.78 is 0. The minimum Gasteiger partial charge on any atom is -0.0830 e. The molecule has 3 rings (SSSR count). The minimum absolute atomic E-state index is 0.642. The van der Waals surface area contributed by atoms with Crippen molar-refractivity contribution in [3.63, 3.8) is 0 Å². The summed E-state index contributed by atoms with van der Waals surface area (Å²) in [4.78, 5) is 0. The van der Waals surface area contributed by atoms with E-state index in [1.54, 1.807) is 0 Å². The molecule has 76 valence electrons. The predicted molar refractivity (Wildman–Crippen MR) is 69.1 cm³/mol. The maximum Gasteiger partial charge on any atom is 0.0563 e. The molecule has 0 N–H and O–H groups in total. The first kappa shape index (κ1) is 9.95. The molecule has 2 heteroatoms. The number of hydrogen-bond acceptors (Lipinski definition) is 0. The molecule has 0 spiro atoms. The van der Waals surface area contributed by atoms with Crippen molar-refractivity contribution in [1.29, 1.82) is 0 Å². The topological polar surface area (TPSA) is 0 Å². The van der Waals surface area contributed by atoms with Gasteiger partial charge >= 0.3 is 0 Å². The molecule has 0 bridgehead atoms. The lowest BCUT2D eigenvalue weighted by Gasteiger charge is -2.04. The summed E-state index contributed by atoms with van der Waals surface area (Å²) in [6.07, 6.45) is 0. The molecule has 3 aromatic carbocycles. The Kier molecular flexibility index (Phi) is 2.27. The van der Waals surface area contributed by atoms with Crippen molar-refractivity contribution in [2.24, 2.45) is 0 Å². The molecule has 0 aliphatic rings. The largest absolute Gasteiger partial charge is 0.0830 e. The van der Waals surface area contributed by atoms with Gasteiger partial charge < -0.3 is 0 Å². The van der Waals surface area contributed by atoms with Crippen LogP contribution in [0.15, 0.2) is 36.4 Å². The van der Waals surface area contributed by atoms with E-state index in [4.69, 9.17) is 23.2 Å². The molecule has 0 aliphatic heterocycles. The molecule has 0 atom stereocenters. The van der Waals surface area contributed by atoms with Gasteiger partial charge in [0.1, 0.15) is 0 Å². The van der Waals surface area contributed by atoms with E-state index in [9.17, 15) is 0 Å². The molecule has 3 aromatic rings. The highest BCUT2D eigenvalue weighted by atomic mass is 35.5. The molecule has 0 nitrogen and oxygen atoms in total. The summed E-state index contributed by atoms with van der Waals surface area (Å²) >= 11 is 12.2. The summed E-state index contributed by atoms with van der Waals surface area (Å²) in [5.74, 6) is 0. The van der Waals surface area contributed by atoms with E-state index < -0.39 is 0 Å². The van der Waals surface area contributed by atoms with Crippen molar-refractivity contribution in [1.82, 2.24) is 0 Å². The minimum atomic E-state index is 0.642. The molecule has 0 aromatic heterocycles. The highest BCUT2D eigenvalue weighted by Gasteiger charge is 2.03. The molecule has 2 radical (unpaired) electrons. The zero-order chi connectivity index (χ0) is 11.1. The molecule has 0 heterocycles. The highest BCUT2D eigenvalue weighted by molar-refractivity contribution is 6.37. The average molecular weight is 245 g/mol. The SMILES string of the molecule is Clc1[c]ccc2cc3c(Cl)[c]ccc3cc12. The fraction of sp³-hybridized carbons (Fsp3) is 0. The third-order valence-electron chi connectivity index (χ3n) is 2.64. The normalized spacial score (nSPS) is 11.1. The van der Waals surface area contributed by atoms with Crippen LogP contribution in [0.3, 0.4) is 0 Å². The zero-order valence-corrected chi connectivity index (χ0v) is 9.73.